The minimum absolute atomic E-state index is 0.0642. The fourth-order valence-corrected chi connectivity index (χ4v) is 4.45. The van der Waals surface area contributed by atoms with E-state index in [0.29, 0.717) is 18.5 Å². The molecule has 0 aliphatic heterocycles. The van der Waals surface area contributed by atoms with Crippen LogP contribution in [0.4, 0.5) is 5.69 Å². The summed E-state index contributed by atoms with van der Waals surface area (Å²) in [6.45, 7) is 0. The van der Waals surface area contributed by atoms with Gasteiger partial charge in [-0.2, -0.15) is 0 Å². The summed E-state index contributed by atoms with van der Waals surface area (Å²) in [6, 6.07) is 12.3. The lowest BCUT2D eigenvalue weighted by molar-refractivity contribution is 0.556. The number of fused-ring (bicyclic) bond motifs is 1. The average Bonchev–Trinajstić information content (AvgIpc) is 2.79. The van der Waals surface area contributed by atoms with E-state index in [1.165, 1.54) is 29.3 Å². The maximum atomic E-state index is 12.4. The molecule has 0 heterocycles. The van der Waals surface area contributed by atoms with Gasteiger partial charge in [-0.3, -0.25) is 0 Å². The van der Waals surface area contributed by atoms with E-state index in [2.05, 4.69) is 4.72 Å². The summed E-state index contributed by atoms with van der Waals surface area (Å²) < 4.78 is 27.6. The summed E-state index contributed by atoms with van der Waals surface area (Å²) in [4.78, 5) is 0.0642. The van der Waals surface area contributed by atoms with Gasteiger partial charge in [-0.25, -0.2) is 13.1 Å². The lowest BCUT2D eigenvalue weighted by Gasteiger charge is -2.13. The molecule has 0 amide bonds. The van der Waals surface area contributed by atoms with Crippen LogP contribution in [0.25, 0.3) is 0 Å². The quantitative estimate of drug-likeness (QED) is 0.852. The van der Waals surface area contributed by atoms with Crippen molar-refractivity contribution in [3.8, 4) is 0 Å². The lowest BCUT2D eigenvalue weighted by atomic mass is 10.1. The molecule has 3 N–H and O–H groups in total. The van der Waals surface area contributed by atoms with Gasteiger partial charge in [-0.05, 0) is 42.2 Å². The molecule has 2 aromatic carbocycles. The van der Waals surface area contributed by atoms with Crippen LogP contribution in [0.3, 0.4) is 0 Å². The Labute approximate surface area is 129 Å². The standard InChI is InChI=1S/C15H15ClN2O2S/c16-14-9-12(17)5-6-15(14)21(19,20)18-13-7-10-3-1-2-4-11(10)8-13/h1-6,9,13,18H,7-8,17H2. The lowest BCUT2D eigenvalue weighted by Crippen LogP contribution is -2.35. The van der Waals surface area contributed by atoms with E-state index >= 15 is 0 Å². The molecule has 110 valence electrons. The number of rotatable bonds is 3. The van der Waals surface area contributed by atoms with Crippen LogP contribution in [0.15, 0.2) is 47.4 Å². The highest BCUT2D eigenvalue weighted by Gasteiger charge is 2.27. The van der Waals surface area contributed by atoms with Gasteiger partial charge < -0.3 is 5.73 Å². The Balaban J connectivity index is 1.82. The fraction of sp³-hybridized carbons (Fsp3) is 0.200. The van der Waals surface area contributed by atoms with Crippen LogP contribution >= 0.6 is 11.6 Å². The zero-order chi connectivity index (χ0) is 15.0. The molecule has 0 atom stereocenters. The average molecular weight is 323 g/mol. The predicted octanol–water partition coefficient (Wildman–Crippen LogP) is 2.37. The molecule has 0 unspecified atom stereocenters. The summed E-state index contributed by atoms with van der Waals surface area (Å²) in [5.74, 6) is 0. The van der Waals surface area contributed by atoms with E-state index in [1.54, 1.807) is 0 Å². The first kappa shape index (κ1) is 14.4. The second-order valence-electron chi connectivity index (χ2n) is 5.19. The first-order valence-corrected chi connectivity index (χ1v) is 8.46. The van der Waals surface area contributed by atoms with Crippen molar-refractivity contribution in [2.45, 2.75) is 23.8 Å². The van der Waals surface area contributed by atoms with Gasteiger partial charge in [-0.15, -0.1) is 0 Å². The summed E-state index contributed by atoms with van der Waals surface area (Å²) in [5, 5.41) is 0.137. The molecule has 4 nitrogen and oxygen atoms in total. The minimum atomic E-state index is -3.65. The molecule has 1 aliphatic carbocycles. The number of hydrogen-bond acceptors (Lipinski definition) is 3. The summed E-state index contributed by atoms with van der Waals surface area (Å²) >= 11 is 5.99. The Morgan fingerprint density at radius 1 is 1.10 bits per heavy atom. The first-order valence-electron chi connectivity index (χ1n) is 6.60. The van der Waals surface area contributed by atoms with Gasteiger partial charge in [0.15, 0.2) is 0 Å². The normalized spacial score (nSPS) is 15.1. The van der Waals surface area contributed by atoms with Gasteiger partial charge in [0, 0.05) is 11.7 Å². The monoisotopic (exact) mass is 322 g/mol. The van der Waals surface area contributed by atoms with Crippen molar-refractivity contribution in [3.05, 3.63) is 58.6 Å². The zero-order valence-electron chi connectivity index (χ0n) is 11.2. The smallest absolute Gasteiger partial charge is 0.242 e. The number of anilines is 1. The van der Waals surface area contributed by atoms with Gasteiger partial charge in [0.1, 0.15) is 4.90 Å². The molecule has 2 aromatic rings. The summed E-state index contributed by atoms with van der Waals surface area (Å²) in [5.41, 5.74) is 8.41. The van der Waals surface area contributed by atoms with Crippen molar-refractivity contribution in [1.29, 1.82) is 0 Å². The minimum Gasteiger partial charge on any atom is -0.399 e. The molecule has 21 heavy (non-hydrogen) atoms. The maximum Gasteiger partial charge on any atom is 0.242 e. The Morgan fingerprint density at radius 2 is 1.71 bits per heavy atom. The Morgan fingerprint density at radius 3 is 2.29 bits per heavy atom. The molecule has 0 radical (unpaired) electrons. The van der Waals surface area contributed by atoms with Crippen molar-refractivity contribution < 1.29 is 8.42 Å². The number of nitrogens with one attached hydrogen (secondary N) is 1. The Bertz CT molecular complexity index is 765. The van der Waals surface area contributed by atoms with Gasteiger partial charge in [0.2, 0.25) is 10.0 Å². The molecule has 0 spiro atoms. The number of benzene rings is 2. The molecule has 0 fully saturated rings. The van der Waals surface area contributed by atoms with Crippen molar-refractivity contribution in [2.24, 2.45) is 0 Å². The van der Waals surface area contributed by atoms with Crippen LogP contribution < -0.4 is 10.5 Å². The highest BCUT2D eigenvalue weighted by molar-refractivity contribution is 7.89. The highest BCUT2D eigenvalue weighted by atomic mass is 35.5. The Kier molecular flexibility index (Phi) is 3.65. The van der Waals surface area contributed by atoms with Crippen LogP contribution in [-0.4, -0.2) is 14.5 Å². The maximum absolute atomic E-state index is 12.4. The van der Waals surface area contributed by atoms with E-state index in [9.17, 15) is 8.42 Å². The summed E-state index contributed by atoms with van der Waals surface area (Å²) in [7, 11) is -3.65. The molecule has 1 aliphatic rings. The van der Waals surface area contributed by atoms with Gasteiger partial charge >= 0.3 is 0 Å². The fourth-order valence-electron chi connectivity index (χ4n) is 2.66. The zero-order valence-corrected chi connectivity index (χ0v) is 12.8. The largest absolute Gasteiger partial charge is 0.399 e. The third-order valence-corrected chi connectivity index (χ3v) is 5.62. The van der Waals surface area contributed by atoms with Crippen molar-refractivity contribution >= 4 is 27.3 Å². The van der Waals surface area contributed by atoms with Crippen LogP contribution in [-0.2, 0) is 22.9 Å². The van der Waals surface area contributed by atoms with Crippen molar-refractivity contribution in [1.82, 2.24) is 4.72 Å². The number of nitrogen functional groups attached to an aromatic ring is 1. The van der Waals surface area contributed by atoms with E-state index in [4.69, 9.17) is 17.3 Å². The molecule has 6 heteroatoms. The topological polar surface area (TPSA) is 72.2 Å². The number of sulfonamides is 1. The van der Waals surface area contributed by atoms with Crippen LogP contribution in [0.5, 0.6) is 0 Å². The Hall–Kier alpha value is -1.56. The highest BCUT2D eigenvalue weighted by Crippen LogP contribution is 2.26. The molecule has 0 aromatic heterocycles. The number of hydrogen-bond donors (Lipinski definition) is 2. The summed E-state index contributed by atoms with van der Waals surface area (Å²) in [6.07, 6.45) is 1.39. The predicted molar refractivity (Wildman–Crippen MR) is 83.8 cm³/mol. The second kappa shape index (κ2) is 5.33. The second-order valence-corrected chi connectivity index (χ2v) is 7.27. The van der Waals surface area contributed by atoms with Crippen molar-refractivity contribution in [3.63, 3.8) is 0 Å². The first-order chi connectivity index (χ1) is 9.95. The van der Waals surface area contributed by atoms with Gasteiger partial charge in [0.05, 0.1) is 5.02 Å². The van der Waals surface area contributed by atoms with Gasteiger partial charge in [-0.1, -0.05) is 35.9 Å². The molecule has 0 saturated heterocycles. The number of nitrogens with two attached hydrogens (primary N) is 1. The number of halogens is 1. The van der Waals surface area contributed by atoms with Crippen LogP contribution in [0.1, 0.15) is 11.1 Å². The van der Waals surface area contributed by atoms with E-state index in [-0.39, 0.29) is 16.0 Å². The molecule has 3 rings (SSSR count). The molecular weight excluding hydrogens is 308 g/mol. The van der Waals surface area contributed by atoms with E-state index in [1.807, 2.05) is 24.3 Å². The van der Waals surface area contributed by atoms with E-state index in [0.717, 1.165) is 0 Å². The third kappa shape index (κ3) is 2.90. The molecule has 0 saturated carbocycles. The van der Waals surface area contributed by atoms with E-state index < -0.39 is 10.0 Å². The van der Waals surface area contributed by atoms with Gasteiger partial charge in [0.25, 0.3) is 0 Å². The SMILES string of the molecule is Nc1ccc(S(=O)(=O)NC2Cc3ccccc3C2)c(Cl)c1. The molecular formula is C15H15ClN2O2S. The van der Waals surface area contributed by atoms with Crippen LogP contribution in [0.2, 0.25) is 5.02 Å². The van der Waals surface area contributed by atoms with Crippen molar-refractivity contribution in [2.75, 3.05) is 5.73 Å². The van der Waals surface area contributed by atoms with Crippen LogP contribution in [0, 0.1) is 0 Å². The third-order valence-electron chi connectivity index (χ3n) is 3.62. The molecule has 0 bridgehead atoms.